The highest BCUT2D eigenvalue weighted by Crippen LogP contribution is 2.18. The van der Waals surface area contributed by atoms with Crippen LogP contribution in [0.25, 0.3) is 0 Å². The number of carbonyl (C=O) groups excluding carboxylic acids is 1. The maximum absolute atomic E-state index is 11.6. The van der Waals surface area contributed by atoms with Crippen molar-refractivity contribution in [1.29, 1.82) is 0 Å². The molecule has 1 amide bonds. The molecule has 2 N–H and O–H groups in total. The van der Waals surface area contributed by atoms with Gasteiger partial charge in [0.1, 0.15) is 12.2 Å². The highest BCUT2D eigenvalue weighted by Gasteiger charge is 2.02. The lowest BCUT2D eigenvalue weighted by Gasteiger charge is -2.03. The standard InChI is InChI=1S/C13H16N4OS/c18-13(14-9-12-15-10-16-17-12)7-4-8-19-11-5-2-1-3-6-11/h1-3,5-6,10H,4,7-9H2,(H,14,18)(H,15,16,17). The summed E-state index contributed by atoms with van der Waals surface area (Å²) in [5, 5.41) is 9.22. The number of benzene rings is 1. The van der Waals surface area contributed by atoms with E-state index in [2.05, 4.69) is 32.6 Å². The summed E-state index contributed by atoms with van der Waals surface area (Å²) in [6.45, 7) is 0.407. The topological polar surface area (TPSA) is 70.7 Å². The second-order valence-electron chi connectivity index (χ2n) is 3.97. The molecule has 1 heterocycles. The molecular weight excluding hydrogens is 260 g/mol. The zero-order valence-corrected chi connectivity index (χ0v) is 11.3. The van der Waals surface area contributed by atoms with Gasteiger partial charge in [-0.05, 0) is 24.3 Å². The SMILES string of the molecule is O=C(CCCSc1ccccc1)NCc1ncn[nH]1. The molecule has 0 aliphatic heterocycles. The molecule has 0 unspecified atom stereocenters. The quantitative estimate of drug-likeness (QED) is 0.599. The van der Waals surface area contributed by atoms with Crippen molar-refractivity contribution >= 4 is 17.7 Å². The van der Waals surface area contributed by atoms with E-state index in [0.29, 0.717) is 18.8 Å². The van der Waals surface area contributed by atoms with Crippen molar-refractivity contribution < 1.29 is 4.79 Å². The van der Waals surface area contributed by atoms with Crippen molar-refractivity contribution in [3.05, 3.63) is 42.5 Å². The Hall–Kier alpha value is -1.82. The molecule has 1 aromatic carbocycles. The van der Waals surface area contributed by atoms with Crippen LogP contribution in [0.5, 0.6) is 0 Å². The Bertz CT molecular complexity index is 487. The molecule has 2 rings (SSSR count). The minimum atomic E-state index is 0.0464. The molecule has 0 atom stereocenters. The Morgan fingerprint density at radius 2 is 2.16 bits per heavy atom. The van der Waals surface area contributed by atoms with E-state index in [1.165, 1.54) is 11.2 Å². The van der Waals surface area contributed by atoms with E-state index >= 15 is 0 Å². The fourth-order valence-electron chi connectivity index (χ4n) is 1.53. The largest absolute Gasteiger partial charge is 0.349 e. The van der Waals surface area contributed by atoms with Crippen LogP contribution in [0, 0.1) is 0 Å². The second kappa shape index (κ2) is 7.58. The van der Waals surface area contributed by atoms with Crippen molar-refractivity contribution in [3.8, 4) is 0 Å². The molecule has 0 saturated heterocycles. The summed E-state index contributed by atoms with van der Waals surface area (Å²) in [5.41, 5.74) is 0. The summed E-state index contributed by atoms with van der Waals surface area (Å²) in [7, 11) is 0. The first-order chi connectivity index (χ1) is 9.34. The number of hydrogen-bond donors (Lipinski definition) is 2. The summed E-state index contributed by atoms with van der Waals surface area (Å²) in [6.07, 6.45) is 2.83. The van der Waals surface area contributed by atoms with Crippen molar-refractivity contribution in [1.82, 2.24) is 20.5 Å². The fourth-order valence-corrected chi connectivity index (χ4v) is 2.40. The number of hydrogen-bond acceptors (Lipinski definition) is 4. The van der Waals surface area contributed by atoms with Crippen molar-refractivity contribution in [2.45, 2.75) is 24.3 Å². The maximum atomic E-state index is 11.6. The third-order valence-electron chi connectivity index (χ3n) is 2.48. The Morgan fingerprint density at radius 1 is 1.32 bits per heavy atom. The number of nitrogens with one attached hydrogen (secondary N) is 2. The predicted molar refractivity (Wildman–Crippen MR) is 74.6 cm³/mol. The van der Waals surface area contributed by atoms with Crippen LogP contribution in [0.4, 0.5) is 0 Å². The molecule has 1 aromatic heterocycles. The van der Waals surface area contributed by atoms with Gasteiger partial charge in [0.05, 0.1) is 6.54 Å². The number of rotatable bonds is 7. The van der Waals surface area contributed by atoms with Crippen LogP contribution in [0.1, 0.15) is 18.7 Å². The van der Waals surface area contributed by atoms with Gasteiger partial charge in [-0.3, -0.25) is 9.89 Å². The molecule has 0 spiro atoms. The minimum absolute atomic E-state index is 0.0464. The van der Waals surface area contributed by atoms with Gasteiger partial charge in [0.15, 0.2) is 0 Å². The molecule has 0 radical (unpaired) electrons. The summed E-state index contributed by atoms with van der Waals surface area (Å²) in [4.78, 5) is 16.7. The molecule has 0 aliphatic rings. The number of aromatic amines is 1. The van der Waals surface area contributed by atoms with Gasteiger partial charge in [-0.2, -0.15) is 5.10 Å². The summed E-state index contributed by atoms with van der Waals surface area (Å²) < 4.78 is 0. The Kier molecular flexibility index (Phi) is 5.43. The van der Waals surface area contributed by atoms with E-state index in [1.54, 1.807) is 11.8 Å². The highest BCUT2D eigenvalue weighted by atomic mass is 32.2. The maximum Gasteiger partial charge on any atom is 0.220 e. The summed E-state index contributed by atoms with van der Waals surface area (Å²) in [5.74, 6) is 1.66. The molecule has 5 nitrogen and oxygen atoms in total. The lowest BCUT2D eigenvalue weighted by molar-refractivity contribution is -0.121. The number of thioether (sulfide) groups is 1. The molecular formula is C13H16N4OS. The molecule has 0 saturated carbocycles. The van der Waals surface area contributed by atoms with E-state index in [0.717, 1.165) is 12.2 Å². The zero-order valence-electron chi connectivity index (χ0n) is 10.5. The van der Waals surface area contributed by atoms with E-state index in [9.17, 15) is 4.79 Å². The average Bonchev–Trinajstić information content (AvgIpc) is 2.96. The van der Waals surface area contributed by atoms with Gasteiger partial charge in [-0.25, -0.2) is 4.98 Å². The van der Waals surface area contributed by atoms with Gasteiger partial charge in [-0.1, -0.05) is 18.2 Å². The fraction of sp³-hybridized carbons (Fsp3) is 0.308. The lowest BCUT2D eigenvalue weighted by atomic mass is 10.3. The van der Waals surface area contributed by atoms with Gasteiger partial charge in [0, 0.05) is 11.3 Å². The highest BCUT2D eigenvalue weighted by molar-refractivity contribution is 7.99. The summed E-state index contributed by atoms with van der Waals surface area (Å²) in [6, 6.07) is 10.2. The molecule has 2 aromatic rings. The Morgan fingerprint density at radius 3 is 2.89 bits per heavy atom. The molecule has 0 fully saturated rings. The van der Waals surface area contributed by atoms with Gasteiger partial charge >= 0.3 is 0 Å². The van der Waals surface area contributed by atoms with Crippen molar-refractivity contribution in [3.63, 3.8) is 0 Å². The second-order valence-corrected chi connectivity index (χ2v) is 5.14. The Balaban J connectivity index is 1.57. The normalized spacial score (nSPS) is 10.3. The van der Waals surface area contributed by atoms with Gasteiger partial charge in [-0.15, -0.1) is 11.8 Å². The number of nitrogens with zero attached hydrogens (tertiary/aromatic N) is 2. The van der Waals surface area contributed by atoms with Gasteiger partial charge in [0.2, 0.25) is 5.91 Å². The Labute approximate surface area is 116 Å². The first-order valence-electron chi connectivity index (χ1n) is 6.13. The minimum Gasteiger partial charge on any atom is -0.349 e. The molecule has 19 heavy (non-hydrogen) atoms. The lowest BCUT2D eigenvalue weighted by Crippen LogP contribution is -2.23. The van der Waals surface area contributed by atoms with Gasteiger partial charge in [0.25, 0.3) is 0 Å². The molecule has 6 heteroatoms. The molecule has 0 bridgehead atoms. The van der Waals surface area contributed by atoms with E-state index in [4.69, 9.17) is 0 Å². The van der Waals surface area contributed by atoms with Crippen molar-refractivity contribution in [2.75, 3.05) is 5.75 Å². The van der Waals surface area contributed by atoms with E-state index in [-0.39, 0.29) is 5.91 Å². The third kappa shape index (κ3) is 5.13. The first-order valence-corrected chi connectivity index (χ1v) is 7.12. The summed E-state index contributed by atoms with van der Waals surface area (Å²) >= 11 is 1.77. The van der Waals surface area contributed by atoms with Gasteiger partial charge < -0.3 is 5.32 Å². The number of amides is 1. The zero-order chi connectivity index (χ0) is 13.3. The third-order valence-corrected chi connectivity index (χ3v) is 3.58. The van der Waals surface area contributed by atoms with Crippen LogP contribution < -0.4 is 5.32 Å². The number of carbonyl (C=O) groups is 1. The van der Waals surface area contributed by atoms with Crippen LogP contribution in [0.3, 0.4) is 0 Å². The van der Waals surface area contributed by atoms with Crippen LogP contribution in [-0.4, -0.2) is 26.8 Å². The van der Waals surface area contributed by atoms with E-state index in [1.807, 2.05) is 18.2 Å². The molecule has 100 valence electrons. The number of aromatic nitrogens is 3. The average molecular weight is 276 g/mol. The predicted octanol–water partition coefficient (Wildman–Crippen LogP) is 1.99. The number of H-pyrrole nitrogens is 1. The van der Waals surface area contributed by atoms with Crippen molar-refractivity contribution in [2.24, 2.45) is 0 Å². The van der Waals surface area contributed by atoms with E-state index < -0.39 is 0 Å². The van der Waals surface area contributed by atoms with Crippen LogP contribution in [0.2, 0.25) is 0 Å². The first kappa shape index (κ1) is 13.6. The van der Waals surface area contributed by atoms with Crippen LogP contribution in [-0.2, 0) is 11.3 Å². The smallest absolute Gasteiger partial charge is 0.220 e. The monoisotopic (exact) mass is 276 g/mol. The van der Waals surface area contributed by atoms with Crippen LogP contribution in [0.15, 0.2) is 41.6 Å². The van der Waals surface area contributed by atoms with Crippen LogP contribution >= 0.6 is 11.8 Å². The molecule has 0 aliphatic carbocycles.